The SMILES string of the molecule is CC1CCCCC1N(C)C(=O)c1cc([N+](=O)[O-])ccc1Cl. The Kier molecular flexibility index (Phi) is 4.83. The van der Waals surface area contributed by atoms with Gasteiger partial charge in [0.25, 0.3) is 11.6 Å². The number of carbonyl (C=O) groups is 1. The zero-order valence-electron chi connectivity index (χ0n) is 12.2. The minimum absolute atomic E-state index is 0.118. The summed E-state index contributed by atoms with van der Waals surface area (Å²) in [6.07, 6.45) is 4.37. The van der Waals surface area contributed by atoms with E-state index in [4.69, 9.17) is 11.6 Å². The van der Waals surface area contributed by atoms with Crippen LogP contribution in [0.3, 0.4) is 0 Å². The first-order chi connectivity index (χ1) is 9.91. The number of nitrogens with zero attached hydrogens (tertiary/aromatic N) is 2. The van der Waals surface area contributed by atoms with Crippen LogP contribution < -0.4 is 0 Å². The van der Waals surface area contributed by atoms with Crippen molar-refractivity contribution in [3.05, 3.63) is 38.9 Å². The lowest BCUT2D eigenvalue weighted by atomic mass is 9.85. The third kappa shape index (κ3) is 3.35. The van der Waals surface area contributed by atoms with Gasteiger partial charge in [0.1, 0.15) is 0 Å². The lowest BCUT2D eigenvalue weighted by molar-refractivity contribution is -0.384. The quantitative estimate of drug-likeness (QED) is 0.628. The Labute approximate surface area is 129 Å². The average molecular weight is 311 g/mol. The molecule has 1 amide bonds. The van der Waals surface area contributed by atoms with Crippen LogP contribution in [0.15, 0.2) is 18.2 Å². The maximum Gasteiger partial charge on any atom is 0.270 e. The van der Waals surface area contributed by atoms with Crippen LogP contribution in [0.5, 0.6) is 0 Å². The second-order valence-corrected chi connectivity index (χ2v) is 6.07. The normalized spacial score (nSPS) is 21.9. The predicted molar refractivity (Wildman–Crippen MR) is 81.6 cm³/mol. The average Bonchev–Trinajstić information content (AvgIpc) is 2.46. The third-order valence-electron chi connectivity index (χ3n) is 4.28. The molecule has 2 atom stereocenters. The molecule has 0 heterocycles. The second-order valence-electron chi connectivity index (χ2n) is 5.67. The maximum atomic E-state index is 12.6. The lowest BCUT2D eigenvalue weighted by Gasteiger charge is -2.36. The van der Waals surface area contributed by atoms with Crippen LogP contribution in [0.2, 0.25) is 5.02 Å². The van der Waals surface area contributed by atoms with Gasteiger partial charge in [0.05, 0.1) is 15.5 Å². The van der Waals surface area contributed by atoms with Gasteiger partial charge in [-0.05, 0) is 24.8 Å². The topological polar surface area (TPSA) is 63.5 Å². The Morgan fingerprint density at radius 3 is 2.67 bits per heavy atom. The number of halogens is 1. The lowest BCUT2D eigenvalue weighted by Crippen LogP contribution is -2.42. The molecule has 0 saturated heterocycles. The summed E-state index contributed by atoms with van der Waals surface area (Å²) >= 11 is 6.05. The number of nitro groups is 1. The van der Waals surface area contributed by atoms with E-state index < -0.39 is 4.92 Å². The molecule has 0 N–H and O–H groups in total. The van der Waals surface area contributed by atoms with Gasteiger partial charge in [-0.1, -0.05) is 31.4 Å². The van der Waals surface area contributed by atoms with Gasteiger partial charge in [0, 0.05) is 25.2 Å². The van der Waals surface area contributed by atoms with Crippen molar-refractivity contribution in [1.29, 1.82) is 0 Å². The zero-order chi connectivity index (χ0) is 15.6. The van der Waals surface area contributed by atoms with Crippen molar-refractivity contribution in [2.24, 2.45) is 5.92 Å². The number of nitro benzene ring substituents is 1. The minimum Gasteiger partial charge on any atom is -0.338 e. The Morgan fingerprint density at radius 1 is 1.38 bits per heavy atom. The molecule has 1 aliphatic carbocycles. The van der Waals surface area contributed by atoms with Crippen molar-refractivity contribution < 1.29 is 9.72 Å². The standard InChI is InChI=1S/C15H19ClN2O3/c1-10-5-3-4-6-14(10)17(2)15(19)12-9-11(18(20)21)7-8-13(12)16/h7-10,14H,3-6H2,1-2H3. The van der Waals surface area contributed by atoms with Crippen LogP contribution in [-0.2, 0) is 0 Å². The molecule has 114 valence electrons. The Bertz CT molecular complexity index is 562. The van der Waals surface area contributed by atoms with Gasteiger partial charge in [0.15, 0.2) is 0 Å². The van der Waals surface area contributed by atoms with Crippen LogP contribution in [-0.4, -0.2) is 28.8 Å². The maximum absolute atomic E-state index is 12.6. The Morgan fingerprint density at radius 2 is 2.05 bits per heavy atom. The van der Waals surface area contributed by atoms with E-state index in [-0.39, 0.29) is 28.2 Å². The van der Waals surface area contributed by atoms with Crippen LogP contribution in [0.4, 0.5) is 5.69 Å². The number of carbonyl (C=O) groups excluding carboxylic acids is 1. The van der Waals surface area contributed by atoms with Crippen molar-refractivity contribution >= 4 is 23.2 Å². The van der Waals surface area contributed by atoms with E-state index in [1.807, 2.05) is 0 Å². The number of rotatable bonds is 3. The molecule has 1 saturated carbocycles. The fourth-order valence-corrected chi connectivity index (χ4v) is 3.20. The summed E-state index contributed by atoms with van der Waals surface area (Å²) in [7, 11) is 1.75. The minimum atomic E-state index is -0.518. The van der Waals surface area contributed by atoms with Crippen LogP contribution in [0.1, 0.15) is 43.0 Å². The highest BCUT2D eigenvalue weighted by Crippen LogP contribution is 2.30. The summed E-state index contributed by atoms with van der Waals surface area (Å²) in [6, 6.07) is 4.14. The highest BCUT2D eigenvalue weighted by molar-refractivity contribution is 6.33. The van der Waals surface area contributed by atoms with Crippen molar-refractivity contribution in [3.8, 4) is 0 Å². The summed E-state index contributed by atoms with van der Waals surface area (Å²) < 4.78 is 0. The van der Waals surface area contributed by atoms with E-state index >= 15 is 0 Å². The zero-order valence-corrected chi connectivity index (χ0v) is 13.0. The molecular weight excluding hydrogens is 292 g/mol. The molecule has 0 bridgehead atoms. The van der Waals surface area contributed by atoms with Crippen molar-refractivity contribution in [3.63, 3.8) is 0 Å². The van der Waals surface area contributed by atoms with E-state index in [0.29, 0.717) is 5.92 Å². The first-order valence-corrected chi connectivity index (χ1v) is 7.50. The molecule has 1 aromatic carbocycles. The van der Waals surface area contributed by atoms with E-state index in [9.17, 15) is 14.9 Å². The van der Waals surface area contributed by atoms with Gasteiger partial charge >= 0.3 is 0 Å². The van der Waals surface area contributed by atoms with E-state index in [0.717, 1.165) is 19.3 Å². The summed E-state index contributed by atoms with van der Waals surface area (Å²) in [4.78, 5) is 24.6. The fourth-order valence-electron chi connectivity index (χ4n) is 3.00. The molecule has 2 rings (SSSR count). The van der Waals surface area contributed by atoms with E-state index in [1.165, 1.54) is 24.6 Å². The van der Waals surface area contributed by atoms with Crippen LogP contribution >= 0.6 is 11.6 Å². The molecule has 1 fully saturated rings. The molecule has 6 heteroatoms. The van der Waals surface area contributed by atoms with E-state index in [2.05, 4.69) is 6.92 Å². The summed E-state index contributed by atoms with van der Waals surface area (Å²) in [6.45, 7) is 2.14. The van der Waals surface area contributed by atoms with Gasteiger partial charge < -0.3 is 4.90 Å². The van der Waals surface area contributed by atoms with Crippen molar-refractivity contribution in [2.75, 3.05) is 7.05 Å². The van der Waals surface area contributed by atoms with Crippen molar-refractivity contribution in [2.45, 2.75) is 38.6 Å². The number of benzene rings is 1. The van der Waals surface area contributed by atoms with Gasteiger partial charge in [-0.3, -0.25) is 14.9 Å². The first-order valence-electron chi connectivity index (χ1n) is 7.13. The molecule has 0 radical (unpaired) electrons. The molecular formula is C15H19ClN2O3. The Hall–Kier alpha value is -1.62. The van der Waals surface area contributed by atoms with Gasteiger partial charge in [-0.25, -0.2) is 0 Å². The fraction of sp³-hybridized carbons (Fsp3) is 0.533. The smallest absolute Gasteiger partial charge is 0.270 e. The Balaban J connectivity index is 2.26. The molecule has 5 nitrogen and oxygen atoms in total. The summed E-state index contributed by atoms with van der Waals surface area (Å²) in [5.74, 6) is 0.188. The predicted octanol–water partition coefficient (Wildman–Crippen LogP) is 3.90. The molecule has 0 spiro atoms. The first kappa shape index (κ1) is 15.8. The van der Waals surface area contributed by atoms with Crippen LogP contribution in [0, 0.1) is 16.0 Å². The molecule has 2 unspecified atom stereocenters. The van der Waals surface area contributed by atoms with Gasteiger partial charge in [-0.15, -0.1) is 0 Å². The molecule has 21 heavy (non-hydrogen) atoms. The largest absolute Gasteiger partial charge is 0.338 e. The van der Waals surface area contributed by atoms with Crippen molar-refractivity contribution in [1.82, 2.24) is 4.90 Å². The van der Waals surface area contributed by atoms with Gasteiger partial charge in [0.2, 0.25) is 0 Å². The summed E-state index contributed by atoms with van der Waals surface area (Å²) in [5.41, 5.74) is 0.0824. The number of non-ortho nitro benzene ring substituents is 1. The molecule has 0 aromatic heterocycles. The molecule has 1 aromatic rings. The molecule has 0 aliphatic heterocycles. The number of hydrogen-bond acceptors (Lipinski definition) is 3. The van der Waals surface area contributed by atoms with E-state index in [1.54, 1.807) is 11.9 Å². The number of amides is 1. The second kappa shape index (κ2) is 6.43. The molecule has 1 aliphatic rings. The number of hydrogen-bond donors (Lipinski definition) is 0. The monoisotopic (exact) mass is 310 g/mol. The van der Waals surface area contributed by atoms with Gasteiger partial charge in [-0.2, -0.15) is 0 Å². The highest BCUT2D eigenvalue weighted by atomic mass is 35.5. The summed E-state index contributed by atoms with van der Waals surface area (Å²) in [5, 5.41) is 11.1. The third-order valence-corrected chi connectivity index (χ3v) is 4.60. The highest BCUT2D eigenvalue weighted by Gasteiger charge is 2.29. The van der Waals surface area contributed by atoms with Crippen LogP contribution in [0.25, 0.3) is 0 Å².